The van der Waals surface area contributed by atoms with Gasteiger partial charge in [-0.1, -0.05) is 24.3 Å². The first-order valence-electron chi connectivity index (χ1n) is 8.07. The van der Waals surface area contributed by atoms with Crippen molar-refractivity contribution in [1.82, 2.24) is 5.32 Å². The largest absolute Gasteiger partial charge is 0.486 e. The van der Waals surface area contributed by atoms with Crippen LogP contribution < -0.4 is 14.8 Å². The topological polar surface area (TPSA) is 47.6 Å². The molecule has 0 spiro atoms. The lowest BCUT2D eigenvalue weighted by atomic mass is 9.88. The quantitative estimate of drug-likeness (QED) is 0.928. The fourth-order valence-corrected chi connectivity index (χ4v) is 3.27. The van der Waals surface area contributed by atoms with E-state index in [1.807, 2.05) is 0 Å². The van der Waals surface area contributed by atoms with Crippen molar-refractivity contribution in [2.24, 2.45) is 0 Å². The molecular weight excluding hydrogens is 290 g/mol. The van der Waals surface area contributed by atoms with Gasteiger partial charge in [0.15, 0.2) is 11.5 Å². The molecule has 0 aromatic heterocycles. The molecule has 1 N–H and O–H groups in total. The molecule has 1 aliphatic carbocycles. The maximum absolute atomic E-state index is 12.5. The first-order chi connectivity index (χ1) is 11.3. The zero-order valence-electron chi connectivity index (χ0n) is 12.9. The van der Waals surface area contributed by atoms with Gasteiger partial charge in [0.05, 0.1) is 0 Å². The summed E-state index contributed by atoms with van der Waals surface area (Å²) < 4.78 is 11.0. The van der Waals surface area contributed by atoms with E-state index in [0.717, 1.165) is 19.3 Å². The Balaban J connectivity index is 1.46. The molecule has 4 nitrogen and oxygen atoms in total. The molecule has 0 saturated carbocycles. The van der Waals surface area contributed by atoms with Crippen molar-refractivity contribution in [2.45, 2.75) is 25.3 Å². The summed E-state index contributed by atoms with van der Waals surface area (Å²) in [6.07, 6.45) is 2.89. The Morgan fingerprint density at radius 3 is 2.65 bits per heavy atom. The molecule has 118 valence electrons. The zero-order chi connectivity index (χ0) is 15.6. The molecule has 0 radical (unpaired) electrons. The van der Waals surface area contributed by atoms with Crippen LogP contribution in [0.1, 0.15) is 27.9 Å². The van der Waals surface area contributed by atoms with E-state index in [-0.39, 0.29) is 11.9 Å². The number of nitrogens with one attached hydrogen (secondary N) is 1. The fourth-order valence-electron chi connectivity index (χ4n) is 3.27. The van der Waals surface area contributed by atoms with Crippen LogP contribution in [0.3, 0.4) is 0 Å². The number of ether oxygens (including phenoxy) is 2. The summed E-state index contributed by atoms with van der Waals surface area (Å²) in [4.78, 5) is 12.5. The van der Waals surface area contributed by atoms with Crippen LogP contribution in [0.5, 0.6) is 11.5 Å². The number of amides is 1. The Bertz CT molecular complexity index is 741. The lowest BCUT2D eigenvalue weighted by Crippen LogP contribution is -2.38. The monoisotopic (exact) mass is 309 g/mol. The average molecular weight is 309 g/mol. The van der Waals surface area contributed by atoms with Gasteiger partial charge in [-0.05, 0) is 48.6 Å². The number of fused-ring (bicyclic) bond motifs is 2. The third kappa shape index (κ3) is 2.89. The fraction of sp³-hybridized carbons (Fsp3) is 0.316. The number of benzene rings is 2. The lowest BCUT2D eigenvalue weighted by Gasteiger charge is -2.25. The van der Waals surface area contributed by atoms with Gasteiger partial charge in [0.1, 0.15) is 13.2 Å². The van der Waals surface area contributed by atoms with Crippen LogP contribution in [0.2, 0.25) is 0 Å². The molecule has 2 aliphatic rings. The van der Waals surface area contributed by atoms with E-state index in [2.05, 4.69) is 29.6 Å². The standard InChI is InChI=1S/C19H19NO3/c21-19(15-6-8-17-18(12-15)23-10-9-22-17)20-16-7-5-13-3-1-2-4-14(13)11-16/h1-4,6,8,12,16H,5,7,9-11H2,(H,20,21)/t16-/m1/s1. The van der Waals surface area contributed by atoms with E-state index in [1.54, 1.807) is 18.2 Å². The van der Waals surface area contributed by atoms with Gasteiger partial charge in [0.2, 0.25) is 0 Å². The number of rotatable bonds is 2. The van der Waals surface area contributed by atoms with Crippen molar-refractivity contribution in [3.05, 3.63) is 59.2 Å². The summed E-state index contributed by atoms with van der Waals surface area (Å²) >= 11 is 0. The summed E-state index contributed by atoms with van der Waals surface area (Å²) in [5.41, 5.74) is 3.36. The van der Waals surface area contributed by atoms with Gasteiger partial charge >= 0.3 is 0 Å². The highest BCUT2D eigenvalue weighted by atomic mass is 16.6. The van der Waals surface area contributed by atoms with E-state index in [4.69, 9.17) is 9.47 Å². The van der Waals surface area contributed by atoms with E-state index in [1.165, 1.54) is 11.1 Å². The van der Waals surface area contributed by atoms with Gasteiger partial charge in [-0.3, -0.25) is 4.79 Å². The smallest absolute Gasteiger partial charge is 0.251 e. The Labute approximate surface area is 135 Å². The van der Waals surface area contributed by atoms with Crippen molar-refractivity contribution >= 4 is 5.91 Å². The van der Waals surface area contributed by atoms with E-state index < -0.39 is 0 Å². The molecule has 1 amide bonds. The Kier molecular flexibility index (Phi) is 3.66. The normalized spacial score (nSPS) is 18.9. The predicted molar refractivity (Wildman–Crippen MR) is 87.2 cm³/mol. The highest BCUT2D eigenvalue weighted by Crippen LogP contribution is 2.31. The van der Waals surface area contributed by atoms with Crippen LogP contribution in [-0.2, 0) is 12.8 Å². The van der Waals surface area contributed by atoms with Gasteiger partial charge < -0.3 is 14.8 Å². The SMILES string of the molecule is O=C(N[C@@H]1CCc2ccccc2C1)c1ccc2c(c1)OCCO2. The second-order valence-electron chi connectivity index (χ2n) is 6.04. The van der Waals surface area contributed by atoms with Crippen molar-refractivity contribution in [1.29, 1.82) is 0 Å². The molecule has 0 bridgehead atoms. The van der Waals surface area contributed by atoms with Crippen molar-refractivity contribution in [2.75, 3.05) is 13.2 Å². The molecule has 1 aliphatic heterocycles. The van der Waals surface area contributed by atoms with E-state index in [0.29, 0.717) is 30.3 Å². The summed E-state index contributed by atoms with van der Waals surface area (Å²) in [6, 6.07) is 14.0. The Morgan fingerprint density at radius 1 is 1.00 bits per heavy atom. The second kappa shape index (κ2) is 5.95. The lowest BCUT2D eigenvalue weighted by molar-refractivity contribution is 0.0932. The number of hydrogen-bond donors (Lipinski definition) is 1. The zero-order valence-corrected chi connectivity index (χ0v) is 12.9. The second-order valence-corrected chi connectivity index (χ2v) is 6.04. The first kappa shape index (κ1) is 14.1. The number of aryl methyl sites for hydroxylation is 1. The van der Waals surface area contributed by atoms with E-state index >= 15 is 0 Å². The maximum Gasteiger partial charge on any atom is 0.251 e. The highest BCUT2D eigenvalue weighted by molar-refractivity contribution is 5.95. The van der Waals surface area contributed by atoms with Gasteiger partial charge in [0.25, 0.3) is 5.91 Å². The maximum atomic E-state index is 12.5. The van der Waals surface area contributed by atoms with E-state index in [9.17, 15) is 4.79 Å². The summed E-state index contributed by atoms with van der Waals surface area (Å²) in [5.74, 6) is 1.31. The Hall–Kier alpha value is -2.49. The van der Waals surface area contributed by atoms with Crippen LogP contribution in [-0.4, -0.2) is 25.2 Å². The third-order valence-corrected chi connectivity index (χ3v) is 4.49. The molecule has 23 heavy (non-hydrogen) atoms. The summed E-state index contributed by atoms with van der Waals surface area (Å²) in [7, 11) is 0. The number of hydrogen-bond acceptors (Lipinski definition) is 3. The number of carbonyl (C=O) groups is 1. The molecule has 4 heteroatoms. The predicted octanol–water partition coefficient (Wildman–Crippen LogP) is 2.75. The molecule has 1 heterocycles. The summed E-state index contributed by atoms with van der Waals surface area (Å²) in [5, 5.41) is 3.15. The minimum Gasteiger partial charge on any atom is -0.486 e. The number of carbonyl (C=O) groups excluding carboxylic acids is 1. The minimum atomic E-state index is -0.0497. The first-order valence-corrected chi connectivity index (χ1v) is 8.07. The van der Waals surface area contributed by atoms with Gasteiger partial charge in [0, 0.05) is 11.6 Å². The van der Waals surface area contributed by atoms with Gasteiger partial charge in [-0.25, -0.2) is 0 Å². The van der Waals surface area contributed by atoms with Crippen LogP contribution in [0.15, 0.2) is 42.5 Å². The minimum absolute atomic E-state index is 0.0497. The molecule has 0 unspecified atom stereocenters. The molecule has 0 saturated heterocycles. The van der Waals surface area contributed by atoms with Gasteiger partial charge in [-0.15, -0.1) is 0 Å². The van der Waals surface area contributed by atoms with Crippen molar-refractivity contribution in [3.8, 4) is 11.5 Å². The van der Waals surface area contributed by atoms with Crippen LogP contribution in [0.25, 0.3) is 0 Å². The molecule has 2 aromatic carbocycles. The molecule has 1 atom stereocenters. The summed E-state index contributed by atoms with van der Waals surface area (Å²) in [6.45, 7) is 1.08. The van der Waals surface area contributed by atoms with Gasteiger partial charge in [-0.2, -0.15) is 0 Å². The molecular formula is C19H19NO3. The average Bonchev–Trinajstić information content (AvgIpc) is 2.61. The van der Waals surface area contributed by atoms with Crippen LogP contribution >= 0.6 is 0 Å². The Morgan fingerprint density at radius 2 is 1.78 bits per heavy atom. The van der Waals surface area contributed by atoms with Crippen molar-refractivity contribution < 1.29 is 14.3 Å². The third-order valence-electron chi connectivity index (χ3n) is 4.49. The molecule has 0 fully saturated rings. The van der Waals surface area contributed by atoms with Crippen LogP contribution in [0.4, 0.5) is 0 Å². The molecule has 4 rings (SSSR count). The van der Waals surface area contributed by atoms with Crippen LogP contribution in [0, 0.1) is 0 Å². The molecule has 2 aromatic rings. The highest BCUT2D eigenvalue weighted by Gasteiger charge is 2.21. The van der Waals surface area contributed by atoms with Crippen molar-refractivity contribution in [3.63, 3.8) is 0 Å².